The fourth-order valence-corrected chi connectivity index (χ4v) is 2.07. The van der Waals surface area contributed by atoms with Crippen LogP contribution in [0.25, 0.3) is 0 Å². The van der Waals surface area contributed by atoms with Gasteiger partial charge in [-0.15, -0.1) is 0 Å². The Kier molecular flexibility index (Phi) is 5.30. The van der Waals surface area contributed by atoms with Gasteiger partial charge in [-0.2, -0.15) is 26.3 Å². The van der Waals surface area contributed by atoms with Gasteiger partial charge in [0.15, 0.2) is 0 Å². The topological polar surface area (TPSA) is 26.3 Å². The van der Waals surface area contributed by atoms with Crippen molar-refractivity contribution in [3.63, 3.8) is 0 Å². The lowest BCUT2D eigenvalue weighted by Crippen LogP contribution is -2.18. The average Bonchev–Trinajstić information content (AvgIpc) is 2.28. The first-order valence-corrected chi connectivity index (χ1v) is 6.38. The summed E-state index contributed by atoms with van der Waals surface area (Å²) in [5.41, 5.74) is -3.87. The van der Waals surface area contributed by atoms with Gasteiger partial charge in [-0.1, -0.05) is 15.9 Å². The van der Waals surface area contributed by atoms with E-state index in [1.54, 1.807) is 0 Å². The number of halogens is 7. The minimum absolute atomic E-state index is 0.0171. The molecule has 0 saturated carbocycles. The number of carbonyl (C=O) groups excluding carboxylic acids is 1. The van der Waals surface area contributed by atoms with Crippen molar-refractivity contribution >= 4 is 21.9 Å². The summed E-state index contributed by atoms with van der Waals surface area (Å²) in [6.07, 6.45) is -10.9. The Bertz CT molecular complexity index is 536. The maximum Gasteiger partial charge on any atom is 0.417 e. The van der Waals surface area contributed by atoms with Crippen molar-refractivity contribution in [2.45, 2.75) is 25.7 Å². The van der Waals surface area contributed by atoms with Crippen LogP contribution < -0.4 is 0 Å². The molecular formula is C12H9BrF6O2. The van der Waals surface area contributed by atoms with E-state index in [2.05, 4.69) is 20.7 Å². The average molecular weight is 379 g/mol. The van der Waals surface area contributed by atoms with Crippen LogP contribution in [-0.2, 0) is 28.3 Å². The van der Waals surface area contributed by atoms with E-state index in [1.807, 2.05) is 0 Å². The summed E-state index contributed by atoms with van der Waals surface area (Å²) in [7, 11) is 0. The second-order valence-corrected chi connectivity index (χ2v) is 4.82. The first-order valence-electron chi connectivity index (χ1n) is 5.59. The van der Waals surface area contributed by atoms with Crippen LogP contribution in [-0.4, -0.2) is 12.6 Å². The Morgan fingerprint density at radius 2 is 1.57 bits per heavy atom. The predicted octanol–water partition coefficient (Wildman–Crippen LogP) is 4.59. The number of hydrogen-bond acceptors (Lipinski definition) is 2. The van der Waals surface area contributed by atoms with E-state index in [-0.39, 0.29) is 16.6 Å². The fraction of sp³-hybridized carbons (Fsp3) is 0.417. The Labute approximate surface area is 124 Å². The molecule has 0 spiro atoms. The van der Waals surface area contributed by atoms with Gasteiger partial charge in [0.1, 0.15) is 0 Å². The first kappa shape index (κ1) is 17.8. The van der Waals surface area contributed by atoms with E-state index in [0.717, 1.165) is 0 Å². The molecule has 0 heterocycles. The summed E-state index contributed by atoms with van der Waals surface area (Å²) in [5, 5.41) is 0. The highest BCUT2D eigenvalue weighted by Gasteiger charge is 2.43. The van der Waals surface area contributed by atoms with Gasteiger partial charge >= 0.3 is 18.3 Å². The summed E-state index contributed by atoms with van der Waals surface area (Å²) in [6.45, 7) is 1.52. The van der Waals surface area contributed by atoms with Crippen molar-refractivity contribution in [2.24, 2.45) is 0 Å². The van der Waals surface area contributed by atoms with E-state index < -0.39 is 35.9 Å². The Hall–Kier alpha value is -1.25. The smallest absolute Gasteiger partial charge is 0.417 e. The van der Waals surface area contributed by atoms with Crippen molar-refractivity contribution in [2.75, 3.05) is 6.61 Å². The quantitative estimate of drug-likeness (QED) is 0.567. The molecule has 0 aliphatic heterocycles. The van der Waals surface area contributed by atoms with Crippen LogP contribution in [0.3, 0.4) is 0 Å². The first-order chi connectivity index (χ1) is 9.46. The molecule has 0 aromatic heterocycles. The maximum absolute atomic E-state index is 12.7. The van der Waals surface area contributed by atoms with Gasteiger partial charge < -0.3 is 4.74 Å². The van der Waals surface area contributed by atoms with Gasteiger partial charge in [0, 0.05) is 4.47 Å². The van der Waals surface area contributed by atoms with E-state index >= 15 is 0 Å². The predicted molar refractivity (Wildman–Crippen MR) is 64.5 cm³/mol. The van der Waals surface area contributed by atoms with Gasteiger partial charge in [0.25, 0.3) is 0 Å². The molecule has 0 bridgehead atoms. The summed E-state index contributed by atoms with van der Waals surface area (Å²) >= 11 is 2.74. The highest BCUT2D eigenvalue weighted by molar-refractivity contribution is 9.10. The van der Waals surface area contributed by atoms with Crippen LogP contribution >= 0.6 is 15.9 Å². The lowest BCUT2D eigenvalue weighted by molar-refractivity contribution is -0.162. The van der Waals surface area contributed by atoms with Crippen molar-refractivity contribution in [1.29, 1.82) is 0 Å². The van der Waals surface area contributed by atoms with Gasteiger partial charge in [0.2, 0.25) is 0 Å². The van der Waals surface area contributed by atoms with E-state index in [4.69, 9.17) is 0 Å². The van der Waals surface area contributed by atoms with Crippen LogP contribution in [0, 0.1) is 0 Å². The molecule has 9 heteroatoms. The largest absolute Gasteiger partial charge is 0.466 e. The lowest BCUT2D eigenvalue weighted by Gasteiger charge is -2.17. The van der Waals surface area contributed by atoms with Crippen molar-refractivity contribution in [1.82, 2.24) is 0 Å². The van der Waals surface area contributed by atoms with Crippen molar-refractivity contribution in [3.8, 4) is 0 Å². The molecule has 0 amide bonds. The molecule has 118 valence electrons. The zero-order chi connectivity index (χ0) is 16.4. The summed E-state index contributed by atoms with van der Waals surface area (Å²) in [6, 6.07) is 0.626. The molecule has 0 fully saturated rings. The Morgan fingerprint density at radius 3 is 2.00 bits per heavy atom. The third kappa shape index (κ3) is 4.62. The number of rotatable bonds is 3. The van der Waals surface area contributed by atoms with Crippen molar-refractivity contribution in [3.05, 3.63) is 33.3 Å². The molecule has 0 saturated heterocycles. The van der Waals surface area contributed by atoms with Crippen LogP contribution in [0.15, 0.2) is 16.6 Å². The van der Waals surface area contributed by atoms with Crippen LogP contribution in [0.4, 0.5) is 26.3 Å². The highest BCUT2D eigenvalue weighted by Crippen LogP contribution is 2.42. The number of esters is 1. The van der Waals surface area contributed by atoms with Gasteiger partial charge in [0.05, 0.1) is 24.2 Å². The molecule has 0 unspecified atom stereocenters. The molecule has 21 heavy (non-hydrogen) atoms. The van der Waals surface area contributed by atoms with Crippen LogP contribution in [0.1, 0.15) is 23.6 Å². The SMILES string of the molecule is CCOC(=O)Cc1cc(C(F)(F)F)c(C(F)(F)F)cc1Br. The zero-order valence-corrected chi connectivity index (χ0v) is 12.1. The number of ether oxygens (including phenoxy) is 1. The molecule has 0 aliphatic rings. The number of hydrogen-bond donors (Lipinski definition) is 0. The van der Waals surface area contributed by atoms with Crippen molar-refractivity contribution < 1.29 is 35.9 Å². The third-order valence-electron chi connectivity index (χ3n) is 2.44. The molecular weight excluding hydrogens is 370 g/mol. The normalized spacial score (nSPS) is 12.4. The maximum atomic E-state index is 12.7. The van der Waals surface area contributed by atoms with Gasteiger partial charge in [-0.25, -0.2) is 0 Å². The van der Waals surface area contributed by atoms with Crippen LogP contribution in [0.2, 0.25) is 0 Å². The highest BCUT2D eigenvalue weighted by atomic mass is 79.9. The Balaban J connectivity index is 3.35. The molecule has 1 aromatic carbocycles. The minimum atomic E-state index is -5.19. The Morgan fingerprint density at radius 1 is 1.10 bits per heavy atom. The summed E-state index contributed by atoms with van der Waals surface area (Å²) in [4.78, 5) is 11.3. The van der Waals surface area contributed by atoms with Crippen LogP contribution in [0.5, 0.6) is 0 Å². The standard InChI is InChI=1S/C12H9BrF6O2/c1-2-21-10(20)4-6-3-7(11(14,15)16)8(5-9(6)13)12(17,18)19/h3,5H,2,4H2,1H3. The molecule has 0 atom stereocenters. The minimum Gasteiger partial charge on any atom is -0.466 e. The van der Waals surface area contributed by atoms with Gasteiger partial charge in [-0.05, 0) is 24.6 Å². The molecule has 0 aliphatic carbocycles. The lowest BCUT2D eigenvalue weighted by atomic mass is 10.0. The zero-order valence-electron chi connectivity index (χ0n) is 10.5. The molecule has 1 aromatic rings. The number of alkyl halides is 6. The van der Waals surface area contributed by atoms with E-state index in [1.165, 1.54) is 6.92 Å². The summed E-state index contributed by atoms with van der Waals surface area (Å²) in [5.74, 6) is -0.828. The number of benzene rings is 1. The monoisotopic (exact) mass is 378 g/mol. The van der Waals surface area contributed by atoms with E-state index in [0.29, 0.717) is 12.1 Å². The fourth-order valence-electron chi connectivity index (χ4n) is 1.59. The van der Waals surface area contributed by atoms with E-state index in [9.17, 15) is 31.1 Å². The second kappa shape index (κ2) is 6.25. The summed E-state index contributed by atoms with van der Waals surface area (Å²) < 4.78 is 80.5. The van der Waals surface area contributed by atoms with Gasteiger partial charge in [-0.3, -0.25) is 4.79 Å². The second-order valence-electron chi connectivity index (χ2n) is 3.97. The molecule has 0 N–H and O–H groups in total. The number of carbonyl (C=O) groups is 1. The third-order valence-corrected chi connectivity index (χ3v) is 3.18. The molecule has 0 radical (unpaired) electrons. The molecule has 1 rings (SSSR count). The molecule has 2 nitrogen and oxygen atoms in total.